The van der Waals surface area contributed by atoms with Gasteiger partial charge >= 0.3 is 0 Å². The molecule has 1 aliphatic rings. The number of aromatic nitrogens is 2. The van der Waals surface area contributed by atoms with Gasteiger partial charge in [-0.1, -0.05) is 65.3 Å². The molecule has 28 heavy (non-hydrogen) atoms. The smallest absolute Gasteiger partial charge is 0.246 e. The van der Waals surface area contributed by atoms with Crippen LogP contribution in [0, 0.1) is 0 Å². The van der Waals surface area contributed by atoms with Crippen molar-refractivity contribution < 1.29 is 9.32 Å². The molecular weight excluding hydrogens is 374 g/mol. The number of piperidine rings is 1. The minimum absolute atomic E-state index is 0.00567. The first-order valence-corrected chi connectivity index (χ1v) is 9.69. The molecule has 4 rings (SSSR count). The summed E-state index contributed by atoms with van der Waals surface area (Å²) >= 11 is 6.13. The largest absolute Gasteiger partial charge is 0.339 e. The number of nitrogens with zero attached hydrogens (tertiary/aromatic N) is 3. The molecule has 5 nitrogen and oxygen atoms in total. The van der Waals surface area contributed by atoms with Gasteiger partial charge in [-0.05, 0) is 30.5 Å². The molecule has 1 aliphatic heterocycles. The molecule has 3 aromatic rings. The molecule has 1 fully saturated rings. The molecule has 1 aromatic heterocycles. The summed E-state index contributed by atoms with van der Waals surface area (Å²) in [5, 5.41) is 4.73. The molecule has 0 atom stereocenters. The van der Waals surface area contributed by atoms with E-state index in [2.05, 4.69) is 10.1 Å². The summed E-state index contributed by atoms with van der Waals surface area (Å²) in [7, 11) is 0. The van der Waals surface area contributed by atoms with Crippen LogP contribution in [0.4, 0.5) is 0 Å². The lowest BCUT2D eigenvalue weighted by atomic mass is 9.96. The lowest BCUT2D eigenvalue weighted by Crippen LogP contribution is -2.36. The van der Waals surface area contributed by atoms with Gasteiger partial charge in [-0.25, -0.2) is 0 Å². The number of carbonyl (C=O) groups is 1. The van der Waals surface area contributed by atoms with Crippen molar-refractivity contribution in [3.63, 3.8) is 0 Å². The van der Waals surface area contributed by atoms with Crippen molar-refractivity contribution in [2.24, 2.45) is 0 Å². The molecule has 2 heterocycles. The molecule has 0 saturated carbocycles. The Morgan fingerprint density at radius 2 is 1.79 bits per heavy atom. The van der Waals surface area contributed by atoms with Crippen LogP contribution in [-0.4, -0.2) is 34.0 Å². The number of hydrogen-bond acceptors (Lipinski definition) is 4. The fourth-order valence-corrected chi connectivity index (χ4v) is 3.53. The third-order valence-electron chi connectivity index (χ3n) is 4.94. The SMILES string of the molecule is O=C(C=Cc1ccccc1Cl)N1CCC(c2nc(-c3ccccc3)no2)CC1. The van der Waals surface area contributed by atoms with Crippen LogP contribution >= 0.6 is 11.6 Å². The second-order valence-electron chi connectivity index (χ2n) is 6.78. The highest BCUT2D eigenvalue weighted by Crippen LogP contribution is 2.28. The van der Waals surface area contributed by atoms with Crippen molar-refractivity contribution in [2.45, 2.75) is 18.8 Å². The molecule has 2 aromatic carbocycles. The topological polar surface area (TPSA) is 59.2 Å². The van der Waals surface area contributed by atoms with Gasteiger partial charge < -0.3 is 9.42 Å². The molecule has 142 valence electrons. The number of hydrogen-bond donors (Lipinski definition) is 0. The van der Waals surface area contributed by atoms with Crippen LogP contribution in [0.2, 0.25) is 5.02 Å². The standard InChI is InChI=1S/C22H20ClN3O2/c23-19-9-5-4-6-16(19)10-11-20(27)26-14-12-18(13-15-26)22-24-21(25-28-22)17-7-2-1-3-8-17/h1-11,18H,12-15H2. The molecule has 0 radical (unpaired) electrons. The zero-order chi connectivity index (χ0) is 19.3. The molecule has 0 bridgehead atoms. The van der Waals surface area contributed by atoms with E-state index in [0.717, 1.165) is 24.0 Å². The molecule has 1 amide bonds. The Hall–Kier alpha value is -2.92. The van der Waals surface area contributed by atoms with Crippen LogP contribution in [0.25, 0.3) is 17.5 Å². The predicted molar refractivity (Wildman–Crippen MR) is 109 cm³/mol. The number of halogens is 1. The maximum absolute atomic E-state index is 12.5. The first-order valence-electron chi connectivity index (χ1n) is 9.31. The number of rotatable bonds is 4. The van der Waals surface area contributed by atoms with Gasteiger partial charge in [0.1, 0.15) is 0 Å². The minimum Gasteiger partial charge on any atom is -0.339 e. The van der Waals surface area contributed by atoms with E-state index in [1.165, 1.54) is 0 Å². The van der Waals surface area contributed by atoms with Gasteiger partial charge in [0.15, 0.2) is 0 Å². The van der Waals surface area contributed by atoms with Gasteiger partial charge in [-0.3, -0.25) is 4.79 Å². The van der Waals surface area contributed by atoms with Gasteiger partial charge in [-0.2, -0.15) is 4.98 Å². The van der Waals surface area contributed by atoms with Crippen molar-refractivity contribution in [1.82, 2.24) is 15.0 Å². The maximum atomic E-state index is 12.5. The lowest BCUT2D eigenvalue weighted by Gasteiger charge is -2.29. The van der Waals surface area contributed by atoms with E-state index >= 15 is 0 Å². The van der Waals surface area contributed by atoms with E-state index in [1.807, 2.05) is 59.5 Å². The predicted octanol–water partition coefficient (Wildman–Crippen LogP) is 4.81. The van der Waals surface area contributed by atoms with Crippen LogP contribution in [0.15, 0.2) is 65.2 Å². The normalized spacial score (nSPS) is 15.2. The summed E-state index contributed by atoms with van der Waals surface area (Å²) in [5.41, 5.74) is 1.78. The third kappa shape index (κ3) is 4.15. The van der Waals surface area contributed by atoms with E-state index in [4.69, 9.17) is 16.1 Å². The van der Waals surface area contributed by atoms with E-state index in [9.17, 15) is 4.79 Å². The zero-order valence-corrected chi connectivity index (χ0v) is 16.0. The van der Waals surface area contributed by atoms with Crippen LogP contribution in [0.1, 0.15) is 30.2 Å². The molecule has 0 N–H and O–H groups in total. The second-order valence-corrected chi connectivity index (χ2v) is 7.18. The first kappa shape index (κ1) is 18.4. The Balaban J connectivity index is 1.35. The summed E-state index contributed by atoms with van der Waals surface area (Å²) in [6.07, 6.45) is 4.97. The Kier molecular flexibility index (Phi) is 5.53. The molecule has 0 unspecified atom stereocenters. The molecule has 0 aliphatic carbocycles. The van der Waals surface area contributed by atoms with Crippen molar-refractivity contribution in [1.29, 1.82) is 0 Å². The van der Waals surface area contributed by atoms with Crippen molar-refractivity contribution >= 4 is 23.6 Å². The molecular formula is C22H20ClN3O2. The second kappa shape index (κ2) is 8.40. The minimum atomic E-state index is -0.00567. The van der Waals surface area contributed by atoms with Gasteiger partial charge in [0, 0.05) is 35.7 Å². The summed E-state index contributed by atoms with van der Waals surface area (Å²) in [6, 6.07) is 17.2. The number of carbonyl (C=O) groups excluding carboxylic acids is 1. The summed E-state index contributed by atoms with van der Waals surface area (Å²) in [6.45, 7) is 1.33. The molecule has 6 heteroatoms. The van der Waals surface area contributed by atoms with Crippen molar-refractivity contribution in [3.8, 4) is 11.4 Å². The first-order chi connectivity index (χ1) is 13.7. The average molecular weight is 394 g/mol. The van der Waals surface area contributed by atoms with Crippen LogP contribution in [0.5, 0.6) is 0 Å². The molecule has 1 saturated heterocycles. The van der Waals surface area contributed by atoms with Crippen LogP contribution in [0.3, 0.4) is 0 Å². The number of likely N-dealkylation sites (tertiary alicyclic amines) is 1. The number of benzene rings is 2. The quantitative estimate of drug-likeness (QED) is 0.597. The fourth-order valence-electron chi connectivity index (χ4n) is 3.33. The zero-order valence-electron chi connectivity index (χ0n) is 15.3. The highest BCUT2D eigenvalue weighted by atomic mass is 35.5. The fraction of sp³-hybridized carbons (Fsp3) is 0.227. The Bertz CT molecular complexity index is 976. The van der Waals surface area contributed by atoms with E-state index in [1.54, 1.807) is 12.2 Å². The van der Waals surface area contributed by atoms with E-state index in [-0.39, 0.29) is 11.8 Å². The van der Waals surface area contributed by atoms with E-state index < -0.39 is 0 Å². The van der Waals surface area contributed by atoms with Gasteiger partial charge in [0.05, 0.1) is 0 Å². The van der Waals surface area contributed by atoms with Gasteiger partial charge in [0.25, 0.3) is 0 Å². The summed E-state index contributed by atoms with van der Waals surface area (Å²) in [4.78, 5) is 18.9. The van der Waals surface area contributed by atoms with Crippen LogP contribution in [-0.2, 0) is 4.79 Å². The summed E-state index contributed by atoms with van der Waals surface area (Å²) in [5.74, 6) is 1.43. The van der Waals surface area contributed by atoms with Crippen molar-refractivity contribution in [2.75, 3.05) is 13.1 Å². The Labute approximate surface area is 168 Å². The third-order valence-corrected chi connectivity index (χ3v) is 5.28. The Morgan fingerprint density at radius 1 is 1.07 bits per heavy atom. The van der Waals surface area contributed by atoms with E-state index in [0.29, 0.717) is 29.8 Å². The highest BCUT2D eigenvalue weighted by molar-refractivity contribution is 6.32. The Morgan fingerprint density at radius 3 is 2.54 bits per heavy atom. The number of amides is 1. The lowest BCUT2D eigenvalue weighted by molar-refractivity contribution is -0.127. The van der Waals surface area contributed by atoms with Gasteiger partial charge in [-0.15, -0.1) is 0 Å². The van der Waals surface area contributed by atoms with Crippen molar-refractivity contribution in [3.05, 3.63) is 77.2 Å². The highest BCUT2D eigenvalue weighted by Gasteiger charge is 2.27. The average Bonchev–Trinajstić information content (AvgIpc) is 3.24. The summed E-state index contributed by atoms with van der Waals surface area (Å²) < 4.78 is 5.48. The maximum Gasteiger partial charge on any atom is 0.246 e. The monoisotopic (exact) mass is 393 g/mol. The van der Waals surface area contributed by atoms with Crippen LogP contribution < -0.4 is 0 Å². The molecule has 0 spiro atoms. The van der Waals surface area contributed by atoms with Gasteiger partial charge in [0.2, 0.25) is 17.6 Å².